The van der Waals surface area contributed by atoms with Gasteiger partial charge in [0.25, 0.3) is 0 Å². The molecule has 0 aromatic rings. The summed E-state index contributed by atoms with van der Waals surface area (Å²) in [5, 5.41) is 0. The lowest BCUT2D eigenvalue weighted by Crippen LogP contribution is -2.24. The monoisotopic (exact) mass is 150 g/mol. The molecular formula is C5H14N2OS. The van der Waals surface area contributed by atoms with Gasteiger partial charge in [-0.3, -0.25) is 11.3 Å². The first-order chi connectivity index (χ1) is 4.41. The zero-order valence-electron chi connectivity index (χ0n) is 5.72. The fourth-order valence-corrected chi connectivity index (χ4v) is 1.13. The minimum atomic E-state index is 0.829. The molecular weight excluding hydrogens is 136 g/mol. The van der Waals surface area contributed by atoms with Crippen molar-refractivity contribution in [3.63, 3.8) is 0 Å². The highest BCUT2D eigenvalue weighted by atomic mass is 32.2. The lowest BCUT2D eigenvalue weighted by atomic mass is 10.8. The second-order valence-corrected chi connectivity index (χ2v) is 2.78. The van der Waals surface area contributed by atoms with Crippen LogP contribution >= 0.6 is 11.8 Å². The Morgan fingerprint density at radius 1 is 1.56 bits per heavy atom. The highest BCUT2D eigenvalue weighted by Crippen LogP contribution is 1.96. The smallest absolute Gasteiger partial charge is 0.0552 e. The quantitative estimate of drug-likeness (QED) is 0.313. The summed E-state index contributed by atoms with van der Waals surface area (Å²) in [6, 6.07) is 0. The Labute approximate surface area is 60.3 Å². The van der Waals surface area contributed by atoms with Crippen LogP contribution in [0, 0.1) is 0 Å². The zero-order chi connectivity index (χ0) is 6.95. The Kier molecular flexibility index (Phi) is 8.44. The van der Waals surface area contributed by atoms with Gasteiger partial charge in [0, 0.05) is 25.2 Å². The van der Waals surface area contributed by atoms with Crippen LogP contribution in [0.5, 0.6) is 0 Å². The average Bonchev–Trinajstić information content (AvgIpc) is 1.89. The van der Waals surface area contributed by atoms with E-state index in [9.17, 15) is 0 Å². The predicted octanol–water partition coefficient (Wildman–Crippen LogP) is -0.171. The standard InChI is InChI=1S/C5H14N2OS/c1-8-3-5-9-4-2-7-6/h7H,2-6H2,1H3. The molecule has 0 bridgehead atoms. The van der Waals surface area contributed by atoms with Crippen LogP contribution in [-0.4, -0.2) is 31.8 Å². The summed E-state index contributed by atoms with van der Waals surface area (Å²) < 4.78 is 4.85. The highest BCUT2D eigenvalue weighted by Gasteiger charge is 1.85. The van der Waals surface area contributed by atoms with Gasteiger partial charge in [0.15, 0.2) is 0 Å². The molecule has 0 heterocycles. The van der Waals surface area contributed by atoms with E-state index in [-0.39, 0.29) is 0 Å². The summed E-state index contributed by atoms with van der Waals surface area (Å²) in [4.78, 5) is 0. The van der Waals surface area contributed by atoms with Crippen molar-refractivity contribution in [1.29, 1.82) is 0 Å². The van der Waals surface area contributed by atoms with E-state index >= 15 is 0 Å². The molecule has 0 aromatic carbocycles. The van der Waals surface area contributed by atoms with Crippen LogP contribution in [0.15, 0.2) is 0 Å². The van der Waals surface area contributed by atoms with Crippen molar-refractivity contribution in [2.24, 2.45) is 5.84 Å². The largest absolute Gasteiger partial charge is 0.384 e. The SMILES string of the molecule is COCCSCCNN. The van der Waals surface area contributed by atoms with Gasteiger partial charge >= 0.3 is 0 Å². The molecule has 0 saturated carbocycles. The molecule has 0 atom stereocenters. The van der Waals surface area contributed by atoms with Gasteiger partial charge < -0.3 is 4.74 Å². The number of hydrogen-bond donors (Lipinski definition) is 2. The molecule has 4 heteroatoms. The number of thioether (sulfide) groups is 1. The fourth-order valence-electron chi connectivity index (χ4n) is 0.375. The molecule has 0 fully saturated rings. The number of nitrogens with two attached hydrogens (primary N) is 1. The van der Waals surface area contributed by atoms with Crippen LogP contribution in [0.25, 0.3) is 0 Å². The summed E-state index contributed by atoms with van der Waals surface area (Å²) in [7, 11) is 1.71. The Bertz CT molecular complexity index is 48.2. The van der Waals surface area contributed by atoms with Crippen LogP contribution in [0.2, 0.25) is 0 Å². The van der Waals surface area contributed by atoms with Crippen molar-refractivity contribution in [3.8, 4) is 0 Å². The van der Waals surface area contributed by atoms with Gasteiger partial charge in [0.2, 0.25) is 0 Å². The van der Waals surface area contributed by atoms with Crippen molar-refractivity contribution in [1.82, 2.24) is 5.43 Å². The van der Waals surface area contributed by atoms with Crippen molar-refractivity contribution < 1.29 is 4.74 Å². The molecule has 0 aliphatic rings. The van der Waals surface area contributed by atoms with Gasteiger partial charge in [-0.1, -0.05) is 0 Å². The maximum atomic E-state index is 5.05. The summed E-state index contributed by atoms with van der Waals surface area (Å²) in [6.45, 7) is 1.70. The van der Waals surface area contributed by atoms with Crippen molar-refractivity contribution in [3.05, 3.63) is 0 Å². The lowest BCUT2D eigenvalue weighted by Gasteiger charge is -1.98. The first-order valence-corrected chi connectivity index (χ1v) is 4.07. The summed E-state index contributed by atoms with van der Waals surface area (Å²) in [5.41, 5.74) is 2.58. The Morgan fingerprint density at radius 2 is 2.33 bits per heavy atom. The van der Waals surface area contributed by atoms with Gasteiger partial charge in [-0.05, 0) is 0 Å². The molecule has 56 valence electrons. The minimum absolute atomic E-state index is 0.829. The van der Waals surface area contributed by atoms with Crippen LogP contribution in [0.4, 0.5) is 0 Å². The second kappa shape index (κ2) is 8.23. The minimum Gasteiger partial charge on any atom is -0.384 e. The molecule has 0 spiro atoms. The third kappa shape index (κ3) is 8.23. The van der Waals surface area contributed by atoms with E-state index in [1.165, 1.54) is 0 Å². The third-order valence-electron chi connectivity index (χ3n) is 0.823. The van der Waals surface area contributed by atoms with Crippen LogP contribution < -0.4 is 11.3 Å². The first kappa shape index (κ1) is 9.23. The van der Waals surface area contributed by atoms with Crippen molar-refractivity contribution in [2.75, 3.05) is 31.8 Å². The first-order valence-electron chi connectivity index (χ1n) is 2.92. The normalized spacial score (nSPS) is 10.0. The molecule has 0 saturated heterocycles. The van der Waals surface area contributed by atoms with E-state index in [0.29, 0.717) is 0 Å². The Balaban J connectivity index is 2.60. The molecule has 0 aliphatic carbocycles. The van der Waals surface area contributed by atoms with Gasteiger partial charge in [0.1, 0.15) is 0 Å². The number of ether oxygens (including phenoxy) is 1. The van der Waals surface area contributed by atoms with E-state index in [1.54, 1.807) is 7.11 Å². The maximum absolute atomic E-state index is 5.05. The van der Waals surface area contributed by atoms with E-state index in [1.807, 2.05) is 11.8 Å². The summed E-state index contributed by atoms with van der Waals surface area (Å²) in [6.07, 6.45) is 0. The van der Waals surface area contributed by atoms with Crippen LogP contribution in [0.3, 0.4) is 0 Å². The number of methoxy groups -OCH3 is 1. The lowest BCUT2D eigenvalue weighted by molar-refractivity contribution is 0.218. The van der Waals surface area contributed by atoms with Crippen molar-refractivity contribution >= 4 is 11.8 Å². The van der Waals surface area contributed by atoms with Crippen LogP contribution in [0.1, 0.15) is 0 Å². The van der Waals surface area contributed by atoms with Gasteiger partial charge in [-0.15, -0.1) is 0 Å². The van der Waals surface area contributed by atoms with Crippen molar-refractivity contribution in [2.45, 2.75) is 0 Å². The molecule has 0 unspecified atom stereocenters. The van der Waals surface area contributed by atoms with Gasteiger partial charge in [0.05, 0.1) is 6.61 Å². The van der Waals surface area contributed by atoms with Gasteiger partial charge in [-0.25, -0.2) is 0 Å². The molecule has 9 heavy (non-hydrogen) atoms. The second-order valence-electron chi connectivity index (χ2n) is 1.56. The zero-order valence-corrected chi connectivity index (χ0v) is 6.54. The number of nitrogens with one attached hydrogen (secondary N) is 1. The number of rotatable bonds is 6. The third-order valence-corrected chi connectivity index (χ3v) is 1.77. The maximum Gasteiger partial charge on any atom is 0.0552 e. The highest BCUT2D eigenvalue weighted by molar-refractivity contribution is 7.99. The molecule has 3 N–H and O–H groups in total. The molecule has 0 amide bonds. The van der Waals surface area contributed by atoms with Gasteiger partial charge in [-0.2, -0.15) is 11.8 Å². The van der Waals surface area contributed by atoms with E-state index in [4.69, 9.17) is 10.6 Å². The van der Waals surface area contributed by atoms with E-state index in [0.717, 1.165) is 24.7 Å². The Hall–Kier alpha value is 0.230. The number of hydrogen-bond acceptors (Lipinski definition) is 4. The molecule has 0 rings (SSSR count). The fraction of sp³-hybridized carbons (Fsp3) is 1.00. The number of hydrazine groups is 1. The predicted molar refractivity (Wildman–Crippen MR) is 41.4 cm³/mol. The topological polar surface area (TPSA) is 47.3 Å². The summed E-state index contributed by atoms with van der Waals surface area (Å²) >= 11 is 1.83. The van der Waals surface area contributed by atoms with E-state index in [2.05, 4.69) is 5.43 Å². The molecule has 0 radical (unpaired) electrons. The molecule has 0 aromatic heterocycles. The van der Waals surface area contributed by atoms with E-state index < -0.39 is 0 Å². The summed E-state index contributed by atoms with van der Waals surface area (Å²) in [5.74, 6) is 7.16. The molecule has 0 aliphatic heterocycles. The average molecular weight is 150 g/mol. The molecule has 3 nitrogen and oxygen atoms in total. The van der Waals surface area contributed by atoms with Crippen LogP contribution in [-0.2, 0) is 4.74 Å². The Morgan fingerprint density at radius 3 is 2.89 bits per heavy atom.